The lowest BCUT2D eigenvalue weighted by molar-refractivity contribution is 1.19. The van der Waals surface area contributed by atoms with Crippen molar-refractivity contribution in [1.82, 2.24) is 4.57 Å². The Labute approximate surface area is 350 Å². The maximum atomic E-state index is 2.48. The summed E-state index contributed by atoms with van der Waals surface area (Å²) in [6.45, 7) is 0. The SMILES string of the molecule is c1ccc2cc(-c3c4ccccc4c(-c4ccc5ccccc5c4)c4cc(-n5c6ccccc6c6cc(-c7cccc8c7sc7ccccc78)ccc65)ccc34)ccc2c1. The lowest BCUT2D eigenvalue weighted by atomic mass is 9.85. The quantitative estimate of drug-likeness (QED) is 0.157. The number of hydrogen-bond donors (Lipinski definition) is 0. The van der Waals surface area contributed by atoms with E-state index in [2.05, 4.69) is 217 Å². The molecule has 0 saturated carbocycles. The Kier molecular flexibility index (Phi) is 7.24. The molecule has 1 nitrogen and oxygen atoms in total. The minimum absolute atomic E-state index is 1.15. The first-order valence-electron chi connectivity index (χ1n) is 20.7. The first kappa shape index (κ1) is 33.5. The first-order valence-corrected chi connectivity index (χ1v) is 21.5. The molecule has 0 spiro atoms. The molecule has 60 heavy (non-hydrogen) atoms. The Morgan fingerprint density at radius 3 is 1.58 bits per heavy atom. The van der Waals surface area contributed by atoms with Gasteiger partial charge in [-0.25, -0.2) is 0 Å². The topological polar surface area (TPSA) is 4.93 Å². The molecule has 13 aromatic rings. The summed E-state index contributed by atoms with van der Waals surface area (Å²) >= 11 is 1.89. The van der Waals surface area contributed by atoms with Gasteiger partial charge in [0.1, 0.15) is 0 Å². The zero-order valence-electron chi connectivity index (χ0n) is 32.6. The molecule has 0 amide bonds. The summed E-state index contributed by atoms with van der Waals surface area (Å²) in [5, 5.41) is 15.1. The maximum Gasteiger partial charge on any atom is 0.0541 e. The van der Waals surface area contributed by atoms with Crippen LogP contribution in [0.4, 0.5) is 0 Å². The number of thiophene rings is 1. The van der Waals surface area contributed by atoms with Crippen LogP contribution in [0.1, 0.15) is 0 Å². The van der Waals surface area contributed by atoms with E-state index in [1.54, 1.807) is 0 Å². The van der Waals surface area contributed by atoms with Crippen molar-refractivity contribution in [2.24, 2.45) is 0 Å². The Bertz CT molecular complexity index is 3900. The molecule has 2 heterocycles. The molecule has 0 fully saturated rings. The van der Waals surface area contributed by atoms with Gasteiger partial charge in [-0.1, -0.05) is 164 Å². The van der Waals surface area contributed by atoms with Crippen molar-refractivity contribution >= 4 is 96.4 Å². The Hall–Kier alpha value is -7.52. The number of fused-ring (bicyclic) bond motifs is 10. The molecule has 11 aromatic carbocycles. The number of hydrogen-bond acceptors (Lipinski definition) is 1. The molecular formula is C58H35NS. The Balaban J connectivity index is 1.09. The van der Waals surface area contributed by atoms with Gasteiger partial charge in [-0.05, 0) is 125 Å². The van der Waals surface area contributed by atoms with Gasteiger partial charge in [0.2, 0.25) is 0 Å². The van der Waals surface area contributed by atoms with E-state index in [1.165, 1.54) is 118 Å². The molecule has 0 unspecified atom stereocenters. The second-order valence-electron chi connectivity index (χ2n) is 16.0. The highest BCUT2D eigenvalue weighted by Crippen LogP contribution is 2.47. The van der Waals surface area contributed by atoms with E-state index in [9.17, 15) is 0 Å². The molecule has 13 rings (SSSR count). The van der Waals surface area contributed by atoms with Crippen molar-refractivity contribution in [1.29, 1.82) is 0 Å². The third kappa shape index (κ3) is 4.98. The summed E-state index contributed by atoms with van der Waals surface area (Å²) in [4.78, 5) is 0. The van der Waals surface area contributed by atoms with Crippen LogP contribution in [0.5, 0.6) is 0 Å². The molecule has 0 aliphatic heterocycles. The minimum atomic E-state index is 1.15. The van der Waals surface area contributed by atoms with E-state index in [0.717, 1.165) is 5.69 Å². The molecule has 0 bridgehead atoms. The van der Waals surface area contributed by atoms with Crippen molar-refractivity contribution in [3.8, 4) is 39.1 Å². The minimum Gasteiger partial charge on any atom is -0.309 e. The van der Waals surface area contributed by atoms with Crippen LogP contribution in [0.15, 0.2) is 212 Å². The number of benzene rings is 11. The monoisotopic (exact) mass is 777 g/mol. The lowest BCUT2D eigenvalue weighted by Crippen LogP contribution is -1.96. The average molecular weight is 778 g/mol. The highest BCUT2D eigenvalue weighted by atomic mass is 32.1. The van der Waals surface area contributed by atoms with Gasteiger partial charge in [-0.2, -0.15) is 0 Å². The fourth-order valence-electron chi connectivity index (χ4n) is 10.0. The molecule has 0 atom stereocenters. The molecule has 0 N–H and O–H groups in total. The zero-order chi connectivity index (χ0) is 39.3. The van der Waals surface area contributed by atoms with Gasteiger partial charge in [0.05, 0.1) is 11.0 Å². The smallest absolute Gasteiger partial charge is 0.0541 e. The van der Waals surface area contributed by atoms with Crippen LogP contribution in [-0.2, 0) is 0 Å². The van der Waals surface area contributed by atoms with Gasteiger partial charge in [0.15, 0.2) is 0 Å². The van der Waals surface area contributed by atoms with Gasteiger partial charge in [-0.15, -0.1) is 11.3 Å². The van der Waals surface area contributed by atoms with Crippen LogP contribution in [0.25, 0.3) is 124 Å². The molecule has 2 aromatic heterocycles. The van der Waals surface area contributed by atoms with Crippen molar-refractivity contribution in [3.05, 3.63) is 212 Å². The highest BCUT2D eigenvalue weighted by molar-refractivity contribution is 7.26. The van der Waals surface area contributed by atoms with Gasteiger partial charge in [-0.3, -0.25) is 0 Å². The summed E-state index contributed by atoms with van der Waals surface area (Å²) in [6.07, 6.45) is 0. The summed E-state index contributed by atoms with van der Waals surface area (Å²) in [5.41, 5.74) is 11.1. The molecular weight excluding hydrogens is 743 g/mol. The van der Waals surface area contributed by atoms with E-state index in [0.29, 0.717) is 0 Å². The van der Waals surface area contributed by atoms with Crippen molar-refractivity contribution in [3.63, 3.8) is 0 Å². The van der Waals surface area contributed by atoms with Gasteiger partial charge in [0.25, 0.3) is 0 Å². The standard InChI is InChI=1S/C58H35NS/c1-3-14-38-32-41(26-24-36(38)12-1)56-47-18-5-6-19-48(47)57(42-27-25-37-13-2-4-15-39(37)33-42)52-35-43(29-30-49(52)56)59-53-22-9-7-16-45(53)51-34-40(28-31-54(51)59)44-20-11-21-50-46-17-8-10-23-55(46)60-58(44)50/h1-35H. The number of para-hydroxylation sites is 1. The van der Waals surface area contributed by atoms with Gasteiger partial charge in [0, 0.05) is 36.6 Å². The Morgan fingerprint density at radius 1 is 0.300 bits per heavy atom. The van der Waals surface area contributed by atoms with Crippen LogP contribution in [0, 0.1) is 0 Å². The number of aromatic nitrogens is 1. The summed E-state index contributed by atoms with van der Waals surface area (Å²) in [7, 11) is 0. The second kappa shape index (κ2) is 13.0. The van der Waals surface area contributed by atoms with Crippen LogP contribution < -0.4 is 0 Å². The third-order valence-electron chi connectivity index (χ3n) is 12.7. The first-order chi connectivity index (χ1) is 29.7. The van der Waals surface area contributed by atoms with Crippen LogP contribution in [0.3, 0.4) is 0 Å². The Morgan fingerprint density at radius 2 is 0.850 bits per heavy atom. The van der Waals surface area contributed by atoms with Crippen LogP contribution >= 0.6 is 11.3 Å². The molecule has 278 valence electrons. The van der Waals surface area contributed by atoms with Gasteiger partial charge < -0.3 is 4.57 Å². The van der Waals surface area contributed by atoms with E-state index in [4.69, 9.17) is 0 Å². The molecule has 0 saturated heterocycles. The second-order valence-corrected chi connectivity index (χ2v) is 17.1. The average Bonchev–Trinajstić information content (AvgIpc) is 3.86. The number of rotatable bonds is 4. The van der Waals surface area contributed by atoms with E-state index in [-0.39, 0.29) is 0 Å². The zero-order valence-corrected chi connectivity index (χ0v) is 33.4. The normalized spacial score (nSPS) is 12.0. The molecule has 0 aliphatic carbocycles. The molecule has 2 heteroatoms. The lowest BCUT2D eigenvalue weighted by Gasteiger charge is -2.20. The van der Waals surface area contributed by atoms with Crippen molar-refractivity contribution < 1.29 is 0 Å². The molecule has 0 radical (unpaired) electrons. The van der Waals surface area contributed by atoms with E-state index >= 15 is 0 Å². The highest BCUT2D eigenvalue weighted by Gasteiger charge is 2.20. The van der Waals surface area contributed by atoms with Crippen molar-refractivity contribution in [2.75, 3.05) is 0 Å². The summed E-state index contributed by atoms with van der Waals surface area (Å²) in [5.74, 6) is 0. The van der Waals surface area contributed by atoms with E-state index < -0.39 is 0 Å². The van der Waals surface area contributed by atoms with Crippen LogP contribution in [-0.4, -0.2) is 4.57 Å². The fourth-order valence-corrected chi connectivity index (χ4v) is 11.2. The fraction of sp³-hybridized carbons (Fsp3) is 0. The van der Waals surface area contributed by atoms with E-state index in [1.807, 2.05) is 11.3 Å². The summed E-state index contributed by atoms with van der Waals surface area (Å²) in [6, 6.07) is 78.9. The summed E-state index contributed by atoms with van der Waals surface area (Å²) < 4.78 is 5.14. The third-order valence-corrected chi connectivity index (χ3v) is 13.9. The molecule has 0 aliphatic rings. The predicted molar refractivity (Wildman–Crippen MR) is 260 cm³/mol. The largest absolute Gasteiger partial charge is 0.309 e. The number of nitrogens with zero attached hydrogens (tertiary/aromatic N) is 1. The van der Waals surface area contributed by atoms with Crippen molar-refractivity contribution in [2.45, 2.75) is 0 Å². The predicted octanol–water partition coefficient (Wildman–Crippen LogP) is 16.8. The van der Waals surface area contributed by atoms with Gasteiger partial charge >= 0.3 is 0 Å². The van der Waals surface area contributed by atoms with Crippen LogP contribution in [0.2, 0.25) is 0 Å². The maximum absolute atomic E-state index is 2.48.